The quantitative estimate of drug-likeness (QED) is 0.637. The number of hydrogen-bond acceptors (Lipinski definition) is 5. The van der Waals surface area contributed by atoms with Gasteiger partial charge < -0.3 is 10.0 Å². The Hall–Kier alpha value is -1.34. The van der Waals surface area contributed by atoms with Gasteiger partial charge >= 0.3 is 5.97 Å². The summed E-state index contributed by atoms with van der Waals surface area (Å²) in [6.07, 6.45) is 1.23. The molecule has 1 aromatic rings. The number of thioether (sulfide) groups is 1. The van der Waals surface area contributed by atoms with E-state index in [1.807, 2.05) is 27.7 Å². The average molecular weight is 332 g/mol. The predicted molar refractivity (Wildman–Crippen MR) is 81.8 cm³/mol. The number of halogens is 1. The molecule has 6 nitrogen and oxygen atoms in total. The SMILES string of the molecule is CC(C)N(C(=O)CSc1ncc(Cl)c(C(=O)O)n1)C(C)C. The van der Waals surface area contributed by atoms with Gasteiger partial charge in [-0.15, -0.1) is 0 Å². The maximum Gasteiger partial charge on any atom is 0.356 e. The maximum atomic E-state index is 12.2. The summed E-state index contributed by atoms with van der Waals surface area (Å²) in [5.74, 6) is -1.11. The predicted octanol–water partition coefficient (Wildman–Crippen LogP) is 2.57. The highest BCUT2D eigenvalue weighted by molar-refractivity contribution is 7.99. The molecule has 0 fully saturated rings. The Labute approximate surface area is 132 Å². The molecule has 0 aliphatic heterocycles. The van der Waals surface area contributed by atoms with Crippen molar-refractivity contribution in [3.63, 3.8) is 0 Å². The smallest absolute Gasteiger partial charge is 0.356 e. The minimum atomic E-state index is -1.22. The zero-order valence-electron chi connectivity index (χ0n) is 12.3. The molecule has 0 saturated carbocycles. The third-order valence-corrected chi connectivity index (χ3v) is 3.77. The number of carbonyl (C=O) groups excluding carboxylic acids is 1. The van der Waals surface area contributed by atoms with Gasteiger partial charge in [0, 0.05) is 12.1 Å². The van der Waals surface area contributed by atoms with E-state index in [-0.39, 0.29) is 39.6 Å². The molecule has 0 spiro atoms. The molecule has 1 rings (SSSR count). The van der Waals surface area contributed by atoms with Crippen molar-refractivity contribution in [3.05, 3.63) is 16.9 Å². The van der Waals surface area contributed by atoms with Crippen molar-refractivity contribution in [3.8, 4) is 0 Å². The van der Waals surface area contributed by atoms with Crippen molar-refractivity contribution >= 4 is 35.2 Å². The van der Waals surface area contributed by atoms with E-state index in [9.17, 15) is 9.59 Å². The van der Waals surface area contributed by atoms with E-state index in [0.29, 0.717) is 0 Å². The number of carboxylic acids is 1. The normalized spacial score (nSPS) is 11.0. The van der Waals surface area contributed by atoms with E-state index >= 15 is 0 Å². The Bertz CT molecular complexity index is 529. The van der Waals surface area contributed by atoms with Crippen LogP contribution < -0.4 is 0 Å². The van der Waals surface area contributed by atoms with Gasteiger partial charge in [0.05, 0.1) is 17.0 Å². The summed E-state index contributed by atoms with van der Waals surface area (Å²) in [6, 6.07) is 0.192. The lowest BCUT2D eigenvalue weighted by Crippen LogP contribution is -2.43. The van der Waals surface area contributed by atoms with Gasteiger partial charge in [-0.05, 0) is 27.7 Å². The minimum Gasteiger partial charge on any atom is -0.476 e. The molecule has 1 heterocycles. The van der Waals surface area contributed by atoms with Crippen LogP contribution in [0.2, 0.25) is 5.02 Å². The van der Waals surface area contributed by atoms with Crippen LogP contribution in [0.1, 0.15) is 38.2 Å². The fourth-order valence-electron chi connectivity index (χ4n) is 1.94. The van der Waals surface area contributed by atoms with Crippen LogP contribution in [0.15, 0.2) is 11.4 Å². The molecular weight excluding hydrogens is 314 g/mol. The van der Waals surface area contributed by atoms with Crippen LogP contribution in [0.4, 0.5) is 0 Å². The standard InChI is InChI=1S/C13H18ClN3O3S/c1-7(2)17(8(3)4)10(18)6-21-13-15-5-9(14)11(16-13)12(19)20/h5,7-8H,6H2,1-4H3,(H,19,20). The highest BCUT2D eigenvalue weighted by atomic mass is 35.5. The first kappa shape index (κ1) is 17.7. The van der Waals surface area contributed by atoms with Crippen molar-refractivity contribution in [2.75, 3.05) is 5.75 Å². The van der Waals surface area contributed by atoms with E-state index in [4.69, 9.17) is 16.7 Å². The molecule has 0 unspecified atom stereocenters. The van der Waals surface area contributed by atoms with Crippen LogP contribution in [0.25, 0.3) is 0 Å². The number of aromatic carboxylic acids is 1. The van der Waals surface area contributed by atoms with Gasteiger partial charge in [0.1, 0.15) is 0 Å². The number of amides is 1. The molecule has 0 aromatic carbocycles. The Kier molecular flexibility index (Phi) is 6.42. The lowest BCUT2D eigenvalue weighted by atomic mass is 10.2. The molecular formula is C13H18ClN3O3S. The molecule has 1 amide bonds. The third kappa shape index (κ3) is 4.86. The highest BCUT2D eigenvalue weighted by Gasteiger charge is 2.21. The van der Waals surface area contributed by atoms with Crippen LogP contribution in [-0.4, -0.2) is 49.7 Å². The first-order valence-corrected chi connectivity index (χ1v) is 7.80. The molecule has 0 aliphatic rings. The van der Waals surface area contributed by atoms with Crippen LogP contribution in [0.3, 0.4) is 0 Å². The van der Waals surface area contributed by atoms with Crippen molar-refractivity contribution in [1.82, 2.24) is 14.9 Å². The Balaban J connectivity index is 2.77. The number of rotatable bonds is 6. The molecule has 1 aromatic heterocycles. The van der Waals surface area contributed by atoms with Gasteiger partial charge in [0.25, 0.3) is 0 Å². The zero-order valence-corrected chi connectivity index (χ0v) is 13.9. The van der Waals surface area contributed by atoms with E-state index in [1.54, 1.807) is 4.90 Å². The Morgan fingerprint density at radius 3 is 2.38 bits per heavy atom. The van der Waals surface area contributed by atoms with Crippen molar-refractivity contribution in [2.24, 2.45) is 0 Å². The molecule has 8 heteroatoms. The molecule has 116 valence electrons. The van der Waals surface area contributed by atoms with Crippen LogP contribution in [0.5, 0.6) is 0 Å². The molecule has 0 aliphatic carbocycles. The molecule has 21 heavy (non-hydrogen) atoms. The molecule has 0 atom stereocenters. The number of nitrogens with zero attached hydrogens (tertiary/aromatic N) is 3. The molecule has 1 N–H and O–H groups in total. The van der Waals surface area contributed by atoms with Gasteiger partial charge in [0.15, 0.2) is 10.9 Å². The maximum absolute atomic E-state index is 12.2. The summed E-state index contributed by atoms with van der Waals surface area (Å²) in [4.78, 5) is 32.7. The lowest BCUT2D eigenvalue weighted by molar-refractivity contribution is -0.131. The Morgan fingerprint density at radius 1 is 1.33 bits per heavy atom. The van der Waals surface area contributed by atoms with Crippen LogP contribution >= 0.6 is 23.4 Å². The molecule has 0 bridgehead atoms. The zero-order chi connectivity index (χ0) is 16.2. The van der Waals surface area contributed by atoms with E-state index < -0.39 is 5.97 Å². The highest BCUT2D eigenvalue weighted by Crippen LogP contribution is 2.19. The van der Waals surface area contributed by atoms with Crippen molar-refractivity contribution < 1.29 is 14.7 Å². The monoisotopic (exact) mass is 331 g/mol. The molecule has 0 saturated heterocycles. The first-order valence-electron chi connectivity index (χ1n) is 6.43. The van der Waals surface area contributed by atoms with Gasteiger partial charge in [-0.1, -0.05) is 23.4 Å². The second-order valence-electron chi connectivity index (χ2n) is 4.93. The largest absolute Gasteiger partial charge is 0.476 e. The number of hydrogen-bond donors (Lipinski definition) is 1. The summed E-state index contributed by atoms with van der Waals surface area (Å²) < 4.78 is 0. The van der Waals surface area contributed by atoms with Gasteiger partial charge in [-0.2, -0.15) is 0 Å². The number of carboxylic acid groups (broad SMARTS) is 1. The second kappa shape index (κ2) is 7.61. The summed E-state index contributed by atoms with van der Waals surface area (Å²) in [6.45, 7) is 7.79. The van der Waals surface area contributed by atoms with E-state index in [0.717, 1.165) is 11.8 Å². The summed E-state index contributed by atoms with van der Waals surface area (Å²) >= 11 is 6.79. The van der Waals surface area contributed by atoms with Crippen molar-refractivity contribution in [2.45, 2.75) is 44.9 Å². The van der Waals surface area contributed by atoms with Gasteiger partial charge in [-0.3, -0.25) is 4.79 Å². The summed E-state index contributed by atoms with van der Waals surface area (Å²) in [5.41, 5.74) is -0.258. The van der Waals surface area contributed by atoms with Gasteiger partial charge in [0.2, 0.25) is 5.91 Å². The van der Waals surface area contributed by atoms with Crippen LogP contribution in [-0.2, 0) is 4.79 Å². The molecule has 0 radical (unpaired) electrons. The number of aromatic nitrogens is 2. The number of carbonyl (C=O) groups is 2. The second-order valence-corrected chi connectivity index (χ2v) is 6.28. The van der Waals surface area contributed by atoms with Crippen LogP contribution in [0, 0.1) is 0 Å². The van der Waals surface area contributed by atoms with E-state index in [1.165, 1.54) is 6.20 Å². The van der Waals surface area contributed by atoms with Crippen molar-refractivity contribution in [1.29, 1.82) is 0 Å². The summed E-state index contributed by atoms with van der Waals surface area (Å²) in [5, 5.41) is 9.14. The Morgan fingerprint density at radius 2 is 1.90 bits per heavy atom. The third-order valence-electron chi connectivity index (χ3n) is 2.65. The summed E-state index contributed by atoms with van der Waals surface area (Å²) in [7, 11) is 0. The fraction of sp³-hybridized carbons (Fsp3) is 0.538. The fourth-order valence-corrected chi connectivity index (χ4v) is 2.80. The minimum absolute atomic E-state index is 0.0239. The first-order chi connectivity index (χ1) is 9.73. The topological polar surface area (TPSA) is 83.4 Å². The lowest BCUT2D eigenvalue weighted by Gasteiger charge is -2.30. The van der Waals surface area contributed by atoms with E-state index in [2.05, 4.69) is 9.97 Å². The van der Waals surface area contributed by atoms with Gasteiger partial charge in [-0.25, -0.2) is 14.8 Å². The average Bonchev–Trinajstić information content (AvgIpc) is 2.36.